The van der Waals surface area contributed by atoms with Gasteiger partial charge in [0, 0.05) is 12.1 Å². The molecule has 17 heavy (non-hydrogen) atoms. The lowest BCUT2D eigenvalue weighted by Gasteiger charge is -2.54. The summed E-state index contributed by atoms with van der Waals surface area (Å²) in [5.41, 5.74) is 6.60. The molecule has 2 unspecified atom stereocenters. The lowest BCUT2D eigenvalue weighted by Crippen LogP contribution is -2.62. The minimum atomic E-state index is 0.340. The van der Waals surface area contributed by atoms with Crippen molar-refractivity contribution in [3.8, 4) is 0 Å². The molecule has 100 valence electrons. The average Bonchev–Trinajstić information content (AvgIpc) is 2.39. The number of hydrogen-bond acceptors (Lipinski definition) is 2. The molecule has 1 heterocycles. The predicted molar refractivity (Wildman–Crippen MR) is 74.0 cm³/mol. The zero-order chi connectivity index (χ0) is 12.3. The van der Waals surface area contributed by atoms with Gasteiger partial charge in [0.25, 0.3) is 0 Å². The molecule has 1 saturated carbocycles. The fourth-order valence-electron chi connectivity index (χ4n) is 4.32. The van der Waals surface area contributed by atoms with E-state index in [-0.39, 0.29) is 0 Å². The Hall–Kier alpha value is -0.0800. The van der Waals surface area contributed by atoms with Crippen LogP contribution in [0.5, 0.6) is 0 Å². The number of piperidine rings is 1. The standard InChI is InChI=1S/C15H30N2/c1-13(2)14-8-4-5-9-15(14,12-16)17-10-6-3-7-11-17/h13-14H,3-12,16H2,1-2H3. The molecule has 2 rings (SSSR count). The van der Waals surface area contributed by atoms with Crippen molar-refractivity contribution in [3.05, 3.63) is 0 Å². The largest absolute Gasteiger partial charge is 0.329 e. The second-order valence-electron chi connectivity index (χ2n) is 6.45. The predicted octanol–water partition coefficient (Wildman–Crippen LogP) is 3.02. The second kappa shape index (κ2) is 5.71. The van der Waals surface area contributed by atoms with E-state index in [2.05, 4.69) is 18.7 Å². The molecule has 2 aliphatic rings. The smallest absolute Gasteiger partial charge is 0.0362 e. The van der Waals surface area contributed by atoms with Crippen molar-refractivity contribution < 1.29 is 0 Å². The van der Waals surface area contributed by atoms with E-state index in [1.807, 2.05) is 0 Å². The van der Waals surface area contributed by atoms with Gasteiger partial charge in [0.2, 0.25) is 0 Å². The Balaban J connectivity index is 2.18. The summed E-state index contributed by atoms with van der Waals surface area (Å²) in [6.45, 7) is 8.24. The van der Waals surface area contributed by atoms with Crippen LogP contribution >= 0.6 is 0 Å². The third-order valence-corrected chi connectivity index (χ3v) is 5.21. The lowest BCUT2D eigenvalue weighted by atomic mass is 9.66. The van der Waals surface area contributed by atoms with Gasteiger partial charge in [-0.15, -0.1) is 0 Å². The van der Waals surface area contributed by atoms with Crippen LogP contribution in [0.15, 0.2) is 0 Å². The summed E-state index contributed by atoms with van der Waals surface area (Å²) in [4.78, 5) is 2.76. The average molecular weight is 238 g/mol. The van der Waals surface area contributed by atoms with Crippen molar-refractivity contribution in [1.29, 1.82) is 0 Å². The van der Waals surface area contributed by atoms with Gasteiger partial charge in [-0.25, -0.2) is 0 Å². The van der Waals surface area contributed by atoms with Crippen LogP contribution in [0.3, 0.4) is 0 Å². The Morgan fingerprint density at radius 2 is 1.82 bits per heavy atom. The second-order valence-corrected chi connectivity index (χ2v) is 6.45. The molecule has 2 heteroatoms. The maximum absolute atomic E-state index is 6.26. The van der Waals surface area contributed by atoms with Crippen molar-refractivity contribution in [2.75, 3.05) is 19.6 Å². The van der Waals surface area contributed by atoms with Crippen LogP contribution in [-0.4, -0.2) is 30.1 Å². The highest BCUT2D eigenvalue weighted by atomic mass is 15.2. The Bertz CT molecular complexity index is 233. The molecule has 2 N–H and O–H groups in total. The SMILES string of the molecule is CC(C)C1CCCCC1(CN)N1CCCCC1. The summed E-state index contributed by atoms with van der Waals surface area (Å²) in [5, 5.41) is 0. The van der Waals surface area contributed by atoms with E-state index in [1.54, 1.807) is 0 Å². The first-order valence-corrected chi connectivity index (χ1v) is 7.66. The minimum Gasteiger partial charge on any atom is -0.329 e. The van der Waals surface area contributed by atoms with Crippen LogP contribution in [0.25, 0.3) is 0 Å². The number of hydrogen-bond donors (Lipinski definition) is 1. The van der Waals surface area contributed by atoms with Crippen LogP contribution in [0, 0.1) is 11.8 Å². The molecular formula is C15H30N2. The maximum Gasteiger partial charge on any atom is 0.0362 e. The Kier molecular flexibility index (Phi) is 4.48. The van der Waals surface area contributed by atoms with Gasteiger partial charge in [0.1, 0.15) is 0 Å². The number of nitrogens with zero attached hydrogens (tertiary/aromatic N) is 1. The molecule has 0 aromatic rings. The highest BCUT2D eigenvalue weighted by Gasteiger charge is 2.45. The van der Waals surface area contributed by atoms with Crippen LogP contribution in [0.4, 0.5) is 0 Å². The summed E-state index contributed by atoms with van der Waals surface area (Å²) in [5.74, 6) is 1.60. The molecule has 0 spiro atoms. The molecule has 0 aromatic heterocycles. The van der Waals surface area contributed by atoms with Gasteiger partial charge in [-0.2, -0.15) is 0 Å². The van der Waals surface area contributed by atoms with E-state index in [0.29, 0.717) is 5.54 Å². The molecule has 2 fully saturated rings. The monoisotopic (exact) mass is 238 g/mol. The van der Waals surface area contributed by atoms with Gasteiger partial charge in [0.05, 0.1) is 0 Å². The fourth-order valence-corrected chi connectivity index (χ4v) is 4.32. The van der Waals surface area contributed by atoms with E-state index in [4.69, 9.17) is 5.73 Å². The first-order chi connectivity index (χ1) is 8.20. The fraction of sp³-hybridized carbons (Fsp3) is 1.00. The van der Waals surface area contributed by atoms with Crippen LogP contribution in [-0.2, 0) is 0 Å². The quantitative estimate of drug-likeness (QED) is 0.819. The van der Waals surface area contributed by atoms with Gasteiger partial charge in [-0.1, -0.05) is 33.1 Å². The van der Waals surface area contributed by atoms with Crippen molar-refractivity contribution in [1.82, 2.24) is 4.90 Å². The molecule has 0 radical (unpaired) electrons. The van der Waals surface area contributed by atoms with E-state index < -0.39 is 0 Å². The third kappa shape index (κ3) is 2.53. The number of likely N-dealkylation sites (tertiary alicyclic amines) is 1. The Morgan fingerprint density at radius 1 is 1.12 bits per heavy atom. The first kappa shape index (κ1) is 13.4. The zero-order valence-electron chi connectivity index (χ0n) is 11.8. The summed E-state index contributed by atoms with van der Waals surface area (Å²) in [7, 11) is 0. The van der Waals surface area contributed by atoms with Crippen molar-refractivity contribution in [2.45, 2.75) is 64.3 Å². The molecule has 2 atom stereocenters. The van der Waals surface area contributed by atoms with Crippen LogP contribution in [0.2, 0.25) is 0 Å². The van der Waals surface area contributed by atoms with Gasteiger partial charge in [0.15, 0.2) is 0 Å². The maximum atomic E-state index is 6.26. The first-order valence-electron chi connectivity index (χ1n) is 7.66. The summed E-state index contributed by atoms with van der Waals surface area (Å²) in [6, 6.07) is 0. The van der Waals surface area contributed by atoms with E-state index in [0.717, 1.165) is 18.4 Å². The number of rotatable bonds is 3. The van der Waals surface area contributed by atoms with E-state index in [1.165, 1.54) is 58.0 Å². The van der Waals surface area contributed by atoms with Gasteiger partial charge < -0.3 is 5.73 Å². The van der Waals surface area contributed by atoms with Crippen molar-refractivity contribution in [3.63, 3.8) is 0 Å². The molecule has 2 nitrogen and oxygen atoms in total. The Morgan fingerprint density at radius 3 is 2.41 bits per heavy atom. The molecule has 0 amide bonds. The highest BCUT2D eigenvalue weighted by molar-refractivity contribution is 5.01. The summed E-state index contributed by atoms with van der Waals surface area (Å²) in [6.07, 6.45) is 9.72. The van der Waals surface area contributed by atoms with Crippen LogP contribution in [0.1, 0.15) is 58.8 Å². The van der Waals surface area contributed by atoms with Gasteiger partial charge in [-0.3, -0.25) is 4.90 Å². The zero-order valence-corrected chi connectivity index (χ0v) is 11.8. The van der Waals surface area contributed by atoms with Gasteiger partial charge in [-0.05, 0) is 50.6 Å². The molecule has 1 aliphatic heterocycles. The molecule has 0 aromatic carbocycles. The highest BCUT2D eigenvalue weighted by Crippen LogP contribution is 2.42. The van der Waals surface area contributed by atoms with Gasteiger partial charge >= 0.3 is 0 Å². The molecular weight excluding hydrogens is 208 g/mol. The summed E-state index contributed by atoms with van der Waals surface area (Å²) >= 11 is 0. The third-order valence-electron chi connectivity index (χ3n) is 5.21. The molecule has 1 aliphatic carbocycles. The van der Waals surface area contributed by atoms with Crippen LogP contribution < -0.4 is 5.73 Å². The normalized spacial score (nSPS) is 36.4. The Labute approximate surface area is 107 Å². The van der Waals surface area contributed by atoms with Crippen molar-refractivity contribution in [2.24, 2.45) is 17.6 Å². The van der Waals surface area contributed by atoms with E-state index >= 15 is 0 Å². The molecule has 0 bridgehead atoms. The van der Waals surface area contributed by atoms with E-state index in [9.17, 15) is 0 Å². The lowest BCUT2D eigenvalue weighted by molar-refractivity contribution is -0.0244. The molecule has 1 saturated heterocycles. The topological polar surface area (TPSA) is 29.3 Å². The number of nitrogens with two attached hydrogens (primary N) is 1. The summed E-state index contributed by atoms with van der Waals surface area (Å²) < 4.78 is 0. The minimum absolute atomic E-state index is 0.340. The van der Waals surface area contributed by atoms with Crippen molar-refractivity contribution >= 4 is 0 Å².